The van der Waals surface area contributed by atoms with Crippen LogP contribution in [0.2, 0.25) is 0 Å². The van der Waals surface area contributed by atoms with Gasteiger partial charge in [-0.05, 0) is 42.5 Å². The Morgan fingerprint density at radius 1 is 0.846 bits per heavy atom. The predicted molar refractivity (Wildman–Crippen MR) is 151 cm³/mol. The van der Waals surface area contributed by atoms with Gasteiger partial charge in [-0.2, -0.15) is 0 Å². The molecule has 1 heterocycles. The lowest BCUT2D eigenvalue weighted by Crippen LogP contribution is -2.51. The molecule has 39 heavy (non-hydrogen) atoms. The second kappa shape index (κ2) is 15.6. The van der Waals surface area contributed by atoms with Gasteiger partial charge in [-0.25, -0.2) is 0 Å². The van der Waals surface area contributed by atoms with Gasteiger partial charge in [0.05, 0.1) is 24.8 Å². The van der Waals surface area contributed by atoms with Crippen molar-refractivity contribution in [1.29, 1.82) is 0 Å². The van der Waals surface area contributed by atoms with E-state index >= 15 is 0 Å². The third kappa shape index (κ3) is 9.47. The van der Waals surface area contributed by atoms with Crippen LogP contribution in [0.3, 0.4) is 0 Å². The van der Waals surface area contributed by atoms with Crippen LogP contribution < -0.4 is 22.5 Å². The molecule has 0 spiro atoms. The number of amides is 2. The largest absolute Gasteiger partial charge is 0.464 e. The average Bonchev–Trinajstić information content (AvgIpc) is 3.49. The fraction of sp³-hybridized carbons (Fsp3) is 0.367. The van der Waals surface area contributed by atoms with E-state index in [1.807, 2.05) is 66.7 Å². The Hall–Kier alpha value is -3.79. The lowest BCUT2D eigenvalue weighted by Gasteiger charge is -2.24. The van der Waals surface area contributed by atoms with E-state index in [0.29, 0.717) is 32.4 Å². The summed E-state index contributed by atoms with van der Waals surface area (Å²) in [7, 11) is 0. The van der Waals surface area contributed by atoms with Crippen LogP contribution in [-0.2, 0) is 27.2 Å². The number of furan rings is 1. The molecule has 0 aliphatic carbocycles. The van der Waals surface area contributed by atoms with E-state index in [4.69, 9.17) is 21.6 Å². The Morgan fingerprint density at radius 3 is 2.13 bits per heavy atom. The molecule has 0 bridgehead atoms. The summed E-state index contributed by atoms with van der Waals surface area (Å²) in [6.45, 7) is 1.25. The molecule has 2 aromatic carbocycles. The molecule has 0 saturated heterocycles. The molecule has 2 amide bonds. The lowest BCUT2D eigenvalue weighted by molar-refractivity contribution is -0.135. The van der Waals surface area contributed by atoms with E-state index in [1.165, 1.54) is 4.90 Å². The maximum absolute atomic E-state index is 13.3. The summed E-state index contributed by atoms with van der Waals surface area (Å²) in [4.78, 5) is 40.3. The minimum Gasteiger partial charge on any atom is -0.464 e. The van der Waals surface area contributed by atoms with Crippen LogP contribution in [0.15, 0.2) is 77.4 Å². The number of carbonyl (C=O) groups excluding carboxylic acids is 3. The molecule has 3 aromatic rings. The quantitative estimate of drug-likeness (QED) is 0.219. The molecular formula is C30H39N5O4. The van der Waals surface area contributed by atoms with E-state index in [2.05, 4.69) is 5.32 Å². The van der Waals surface area contributed by atoms with Gasteiger partial charge >= 0.3 is 0 Å². The Labute approximate surface area is 229 Å². The molecule has 1 aromatic heterocycles. The first kappa shape index (κ1) is 29.8. The summed E-state index contributed by atoms with van der Waals surface area (Å²) >= 11 is 0. The molecule has 3 rings (SSSR count). The maximum atomic E-state index is 13.3. The Kier molecular flexibility index (Phi) is 11.9. The molecule has 0 aliphatic heterocycles. The molecule has 0 unspecified atom stereocenters. The second-order valence-corrected chi connectivity index (χ2v) is 9.49. The minimum atomic E-state index is -1.09. The Morgan fingerprint density at radius 2 is 1.51 bits per heavy atom. The number of aryl methyl sites for hydroxylation is 2. The van der Waals surface area contributed by atoms with Gasteiger partial charge in [-0.3, -0.25) is 14.4 Å². The van der Waals surface area contributed by atoms with Crippen LogP contribution in [0.4, 0.5) is 0 Å². The summed E-state index contributed by atoms with van der Waals surface area (Å²) in [5.74, 6) is -0.122. The number of carbonyl (C=O) groups is 3. The van der Waals surface area contributed by atoms with Gasteiger partial charge in [0, 0.05) is 38.2 Å². The number of nitrogens with two attached hydrogens (primary N) is 3. The van der Waals surface area contributed by atoms with Crippen molar-refractivity contribution in [2.24, 2.45) is 17.2 Å². The first-order valence-electron chi connectivity index (χ1n) is 13.3. The van der Waals surface area contributed by atoms with Gasteiger partial charge in [-0.1, -0.05) is 54.6 Å². The third-order valence-electron chi connectivity index (χ3n) is 6.57. The predicted octanol–water partition coefficient (Wildman–Crippen LogP) is 2.03. The fourth-order valence-corrected chi connectivity index (χ4v) is 4.35. The van der Waals surface area contributed by atoms with Crippen molar-refractivity contribution in [1.82, 2.24) is 10.2 Å². The van der Waals surface area contributed by atoms with Crippen LogP contribution in [-0.4, -0.2) is 60.8 Å². The standard InChI is InChI=1S/C30H39N5O4/c31-16-18-35(19-17-32)29(37)21-25(33)30(38)34-26(14-10-22-5-2-1-3-6-22)27(36)15-11-23-8-12-24(13-9-23)28-7-4-20-39-28/h1-9,12-13,20,25-26H,10-11,14-19,21,31-33H2,(H,34,38)/t25-,26-/m0/s1. The van der Waals surface area contributed by atoms with Gasteiger partial charge in [0.25, 0.3) is 0 Å². The molecule has 208 valence electrons. The molecule has 9 heteroatoms. The highest BCUT2D eigenvalue weighted by atomic mass is 16.3. The number of benzene rings is 2. The molecule has 7 N–H and O–H groups in total. The number of nitrogens with zero attached hydrogens (tertiary/aromatic N) is 1. The average molecular weight is 534 g/mol. The van der Waals surface area contributed by atoms with Crippen LogP contribution >= 0.6 is 0 Å². The molecular weight excluding hydrogens is 494 g/mol. The highest BCUT2D eigenvalue weighted by molar-refractivity contribution is 5.93. The number of rotatable bonds is 16. The lowest BCUT2D eigenvalue weighted by atomic mass is 9.97. The van der Waals surface area contributed by atoms with Gasteiger partial charge in [-0.15, -0.1) is 0 Å². The molecule has 2 atom stereocenters. The van der Waals surface area contributed by atoms with Gasteiger partial charge in [0.2, 0.25) is 11.8 Å². The number of ketones is 1. The normalized spacial score (nSPS) is 12.5. The molecule has 0 radical (unpaired) electrons. The summed E-state index contributed by atoms with van der Waals surface area (Å²) in [6.07, 6.45) is 3.28. The first-order valence-corrected chi connectivity index (χ1v) is 13.3. The summed E-state index contributed by atoms with van der Waals surface area (Å²) < 4.78 is 5.43. The van der Waals surface area contributed by atoms with Crippen LogP contribution in [0.25, 0.3) is 11.3 Å². The molecule has 9 nitrogen and oxygen atoms in total. The second-order valence-electron chi connectivity index (χ2n) is 9.49. The van der Waals surface area contributed by atoms with E-state index < -0.39 is 18.0 Å². The summed E-state index contributed by atoms with van der Waals surface area (Å²) in [5, 5.41) is 2.81. The van der Waals surface area contributed by atoms with Crippen molar-refractivity contribution in [2.75, 3.05) is 26.2 Å². The zero-order valence-electron chi connectivity index (χ0n) is 22.3. The van der Waals surface area contributed by atoms with Crippen molar-refractivity contribution in [2.45, 2.75) is 44.2 Å². The van der Waals surface area contributed by atoms with Gasteiger partial charge < -0.3 is 31.8 Å². The van der Waals surface area contributed by atoms with Gasteiger partial charge in [0.1, 0.15) is 5.76 Å². The SMILES string of the molecule is NCCN(CCN)C(=O)C[C@H](N)C(=O)N[C@@H](CCc1ccccc1)C(=O)CCc1ccc(-c2ccco2)cc1. The van der Waals surface area contributed by atoms with E-state index in [-0.39, 0.29) is 37.6 Å². The fourth-order valence-electron chi connectivity index (χ4n) is 4.35. The highest BCUT2D eigenvalue weighted by Gasteiger charge is 2.26. The number of hydrogen-bond donors (Lipinski definition) is 4. The van der Waals surface area contributed by atoms with Crippen LogP contribution in [0, 0.1) is 0 Å². The van der Waals surface area contributed by atoms with E-state index in [1.54, 1.807) is 6.26 Å². The van der Waals surface area contributed by atoms with Crippen molar-refractivity contribution >= 4 is 17.6 Å². The maximum Gasteiger partial charge on any atom is 0.238 e. The third-order valence-corrected chi connectivity index (χ3v) is 6.57. The first-order chi connectivity index (χ1) is 18.9. The number of hydrogen-bond acceptors (Lipinski definition) is 7. The summed E-state index contributed by atoms with van der Waals surface area (Å²) in [6, 6.07) is 19.6. The van der Waals surface area contributed by atoms with Gasteiger partial charge in [0.15, 0.2) is 5.78 Å². The topological polar surface area (TPSA) is 158 Å². The van der Waals surface area contributed by atoms with E-state index in [9.17, 15) is 14.4 Å². The van der Waals surface area contributed by atoms with Crippen LogP contribution in [0.5, 0.6) is 0 Å². The van der Waals surface area contributed by atoms with Crippen molar-refractivity contribution in [3.63, 3.8) is 0 Å². The van der Waals surface area contributed by atoms with Crippen molar-refractivity contribution in [3.8, 4) is 11.3 Å². The monoisotopic (exact) mass is 533 g/mol. The van der Waals surface area contributed by atoms with Crippen molar-refractivity contribution in [3.05, 3.63) is 84.1 Å². The zero-order valence-corrected chi connectivity index (χ0v) is 22.3. The number of Topliss-reactive ketones (excluding diaryl/α,β-unsaturated/α-hetero) is 1. The summed E-state index contributed by atoms with van der Waals surface area (Å²) in [5.41, 5.74) is 20.3. The smallest absolute Gasteiger partial charge is 0.238 e. The molecule has 0 fully saturated rings. The minimum absolute atomic E-state index is 0.0826. The Balaban J connectivity index is 1.61. The van der Waals surface area contributed by atoms with E-state index in [0.717, 1.165) is 22.5 Å². The van der Waals surface area contributed by atoms with Crippen molar-refractivity contribution < 1.29 is 18.8 Å². The number of nitrogens with one attached hydrogen (secondary N) is 1. The Bertz CT molecular complexity index is 1160. The molecule has 0 aliphatic rings. The zero-order chi connectivity index (χ0) is 28.0. The highest BCUT2D eigenvalue weighted by Crippen LogP contribution is 2.20. The molecule has 0 saturated carbocycles. The van der Waals surface area contributed by atoms with Crippen LogP contribution in [0.1, 0.15) is 30.4 Å².